The molecule has 0 saturated carbocycles. The van der Waals surface area contributed by atoms with Gasteiger partial charge in [-0.15, -0.1) is 0 Å². The smallest absolute Gasteiger partial charge is 0.229 e. The second kappa shape index (κ2) is 2.74. The fourth-order valence-electron chi connectivity index (χ4n) is 1.89. The molecule has 3 heteroatoms. The molecule has 13 heavy (non-hydrogen) atoms. The molecule has 1 N–H and O–H groups in total. The van der Waals surface area contributed by atoms with Crippen LogP contribution < -0.4 is 0 Å². The van der Waals surface area contributed by atoms with Gasteiger partial charge >= 0.3 is 0 Å². The first kappa shape index (κ1) is 8.06. The van der Waals surface area contributed by atoms with Gasteiger partial charge in [0.15, 0.2) is 0 Å². The molecule has 0 fully saturated rings. The van der Waals surface area contributed by atoms with Crippen molar-refractivity contribution in [3.05, 3.63) is 22.4 Å². The number of rotatable bonds is 0. The maximum absolute atomic E-state index is 9.42. The van der Waals surface area contributed by atoms with Gasteiger partial charge in [-0.2, -0.15) is 5.26 Å². The molecular formula is C10H10N2O. The van der Waals surface area contributed by atoms with Crippen LogP contribution in [0.1, 0.15) is 28.8 Å². The maximum atomic E-state index is 9.42. The Morgan fingerprint density at radius 1 is 1.46 bits per heavy atom. The van der Waals surface area contributed by atoms with Gasteiger partial charge in [0.2, 0.25) is 5.88 Å². The van der Waals surface area contributed by atoms with E-state index in [1.54, 1.807) is 0 Å². The molecule has 0 amide bonds. The first-order chi connectivity index (χ1) is 6.24. The third-order valence-corrected chi connectivity index (χ3v) is 2.59. The summed E-state index contributed by atoms with van der Waals surface area (Å²) in [5.74, 6) is -0.111. The van der Waals surface area contributed by atoms with Gasteiger partial charge in [0.1, 0.15) is 11.6 Å². The van der Waals surface area contributed by atoms with E-state index in [4.69, 9.17) is 5.26 Å². The van der Waals surface area contributed by atoms with E-state index in [-0.39, 0.29) is 5.88 Å². The molecule has 66 valence electrons. The van der Waals surface area contributed by atoms with Gasteiger partial charge < -0.3 is 5.11 Å². The second-order valence-electron chi connectivity index (χ2n) is 3.33. The fraction of sp³-hybridized carbons (Fsp3) is 0.400. The minimum absolute atomic E-state index is 0.111. The number of pyridine rings is 1. The molecular weight excluding hydrogens is 164 g/mol. The van der Waals surface area contributed by atoms with Gasteiger partial charge in [-0.05, 0) is 37.3 Å². The SMILES string of the molecule is Cc1c(C#N)c(O)nc2c1CCC2. The summed E-state index contributed by atoms with van der Waals surface area (Å²) >= 11 is 0. The van der Waals surface area contributed by atoms with Crippen LogP contribution in [0.3, 0.4) is 0 Å². The number of aromatic hydroxyl groups is 1. The zero-order chi connectivity index (χ0) is 9.42. The van der Waals surface area contributed by atoms with Crippen molar-refractivity contribution in [2.45, 2.75) is 26.2 Å². The van der Waals surface area contributed by atoms with Crippen LogP contribution in [0.25, 0.3) is 0 Å². The van der Waals surface area contributed by atoms with Gasteiger partial charge in [-0.3, -0.25) is 0 Å². The highest BCUT2D eigenvalue weighted by atomic mass is 16.3. The summed E-state index contributed by atoms with van der Waals surface area (Å²) < 4.78 is 0. The highest BCUT2D eigenvalue weighted by Gasteiger charge is 2.19. The highest BCUT2D eigenvalue weighted by Crippen LogP contribution is 2.29. The quantitative estimate of drug-likeness (QED) is 0.647. The van der Waals surface area contributed by atoms with Crippen LogP contribution in [0.2, 0.25) is 0 Å². The van der Waals surface area contributed by atoms with Crippen molar-refractivity contribution in [1.29, 1.82) is 5.26 Å². The van der Waals surface area contributed by atoms with E-state index in [0.29, 0.717) is 5.56 Å². The van der Waals surface area contributed by atoms with Crippen LogP contribution in [-0.2, 0) is 12.8 Å². The average molecular weight is 174 g/mol. The van der Waals surface area contributed by atoms with Gasteiger partial charge in [0.05, 0.1) is 0 Å². The number of fused-ring (bicyclic) bond motifs is 1. The third-order valence-electron chi connectivity index (χ3n) is 2.59. The molecule has 0 atom stereocenters. The summed E-state index contributed by atoms with van der Waals surface area (Å²) in [7, 11) is 0. The van der Waals surface area contributed by atoms with E-state index in [0.717, 1.165) is 36.1 Å². The Morgan fingerprint density at radius 3 is 2.92 bits per heavy atom. The predicted molar refractivity (Wildman–Crippen MR) is 47.4 cm³/mol. The van der Waals surface area contributed by atoms with E-state index >= 15 is 0 Å². The van der Waals surface area contributed by atoms with Gasteiger partial charge in [0.25, 0.3) is 0 Å². The van der Waals surface area contributed by atoms with Crippen LogP contribution >= 0.6 is 0 Å². The largest absolute Gasteiger partial charge is 0.492 e. The van der Waals surface area contributed by atoms with E-state index < -0.39 is 0 Å². The normalized spacial score (nSPS) is 13.8. The minimum Gasteiger partial charge on any atom is -0.492 e. The van der Waals surface area contributed by atoms with Gasteiger partial charge in [0, 0.05) is 5.69 Å². The fourth-order valence-corrected chi connectivity index (χ4v) is 1.89. The molecule has 1 aromatic rings. The first-order valence-electron chi connectivity index (χ1n) is 4.35. The lowest BCUT2D eigenvalue weighted by molar-refractivity contribution is 0.449. The summed E-state index contributed by atoms with van der Waals surface area (Å²) in [5.41, 5.74) is 3.37. The summed E-state index contributed by atoms with van der Waals surface area (Å²) in [6, 6.07) is 1.98. The predicted octanol–water partition coefficient (Wildman–Crippen LogP) is 1.46. The molecule has 2 rings (SSSR count). The second-order valence-corrected chi connectivity index (χ2v) is 3.33. The molecule has 1 aliphatic rings. The van der Waals surface area contributed by atoms with Crippen molar-refractivity contribution in [3.63, 3.8) is 0 Å². The van der Waals surface area contributed by atoms with E-state index in [1.807, 2.05) is 13.0 Å². The number of hydrogen-bond donors (Lipinski definition) is 1. The van der Waals surface area contributed by atoms with Crippen LogP contribution in [0.15, 0.2) is 0 Å². The number of aryl methyl sites for hydroxylation is 1. The topological polar surface area (TPSA) is 56.9 Å². The Morgan fingerprint density at radius 2 is 2.23 bits per heavy atom. The van der Waals surface area contributed by atoms with Crippen LogP contribution in [0, 0.1) is 18.3 Å². The van der Waals surface area contributed by atoms with Crippen molar-refractivity contribution in [1.82, 2.24) is 4.98 Å². The van der Waals surface area contributed by atoms with Crippen molar-refractivity contribution in [3.8, 4) is 11.9 Å². The Bertz CT molecular complexity index is 404. The molecule has 1 aliphatic carbocycles. The third kappa shape index (κ3) is 1.06. The Balaban J connectivity index is 2.71. The van der Waals surface area contributed by atoms with Crippen molar-refractivity contribution in [2.75, 3.05) is 0 Å². The lowest BCUT2D eigenvalue weighted by Crippen LogP contribution is -1.96. The van der Waals surface area contributed by atoms with Gasteiger partial charge in [-0.1, -0.05) is 0 Å². The van der Waals surface area contributed by atoms with Crippen LogP contribution in [-0.4, -0.2) is 10.1 Å². The van der Waals surface area contributed by atoms with Crippen molar-refractivity contribution < 1.29 is 5.11 Å². The molecule has 0 aliphatic heterocycles. The Labute approximate surface area is 76.7 Å². The molecule has 0 saturated heterocycles. The summed E-state index contributed by atoms with van der Waals surface area (Å²) in [4.78, 5) is 4.02. The molecule has 0 aromatic carbocycles. The first-order valence-corrected chi connectivity index (χ1v) is 4.35. The monoisotopic (exact) mass is 174 g/mol. The Hall–Kier alpha value is -1.56. The van der Waals surface area contributed by atoms with Crippen molar-refractivity contribution in [2.24, 2.45) is 0 Å². The summed E-state index contributed by atoms with van der Waals surface area (Å²) in [5, 5.41) is 18.2. The van der Waals surface area contributed by atoms with Crippen LogP contribution in [0.5, 0.6) is 5.88 Å². The summed E-state index contributed by atoms with van der Waals surface area (Å²) in [6.07, 6.45) is 3.00. The zero-order valence-electron chi connectivity index (χ0n) is 7.46. The maximum Gasteiger partial charge on any atom is 0.229 e. The van der Waals surface area contributed by atoms with Crippen LogP contribution in [0.4, 0.5) is 0 Å². The molecule has 1 aromatic heterocycles. The molecule has 1 heterocycles. The van der Waals surface area contributed by atoms with Crippen molar-refractivity contribution >= 4 is 0 Å². The number of nitriles is 1. The highest BCUT2D eigenvalue weighted by molar-refractivity contribution is 5.50. The molecule has 0 unspecified atom stereocenters. The molecule has 3 nitrogen and oxygen atoms in total. The lowest BCUT2D eigenvalue weighted by Gasteiger charge is -2.06. The molecule has 0 bridgehead atoms. The summed E-state index contributed by atoms with van der Waals surface area (Å²) in [6.45, 7) is 1.88. The number of aromatic nitrogens is 1. The molecule has 0 radical (unpaired) electrons. The van der Waals surface area contributed by atoms with E-state index in [9.17, 15) is 5.11 Å². The van der Waals surface area contributed by atoms with Gasteiger partial charge in [-0.25, -0.2) is 4.98 Å². The number of nitrogens with zero attached hydrogens (tertiary/aromatic N) is 2. The average Bonchev–Trinajstić information content (AvgIpc) is 2.53. The Kier molecular flexibility index (Phi) is 1.70. The minimum atomic E-state index is -0.111. The molecule has 0 spiro atoms. The van der Waals surface area contributed by atoms with E-state index in [2.05, 4.69) is 4.98 Å². The number of hydrogen-bond acceptors (Lipinski definition) is 3. The standard InChI is InChI=1S/C10H10N2O/c1-6-7-3-2-4-9(7)12-10(13)8(6)5-11/h2-4H2,1H3,(H,12,13). The van der Waals surface area contributed by atoms with E-state index in [1.165, 1.54) is 0 Å². The lowest BCUT2D eigenvalue weighted by atomic mass is 10.0. The zero-order valence-corrected chi connectivity index (χ0v) is 7.46.